The van der Waals surface area contributed by atoms with Gasteiger partial charge in [0.25, 0.3) is 0 Å². The summed E-state index contributed by atoms with van der Waals surface area (Å²) in [6, 6.07) is 10.2. The predicted octanol–water partition coefficient (Wildman–Crippen LogP) is 4.03. The van der Waals surface area contributed by atoms with Crippen LogP contribution in [0.25, 0.3) is 0 Å². The number of hydrogen-bond acceptors (Lipinski definition) is 4. The molecule has 1 aromatic carbocycles. The van der Waals surface area contributed by atoms with Crippen molar-refractivity contribution in [1.82, 2.24) is 15.1 Å². The van der Waals surface area contributed by atoms with Crippen LogP contribution >= 0.6 is 11.8 Å². The quantitative estimate of drug-likeness (QED) is 0.659. The Morgan fingerprint density at radius 1 is 1.13 bits per heavy atom. The second kappa shape index (κ2) is 10.4. The van der Waals surface area contributed by atoms with Crippen LogP contribution in [0.5, 0.6) is 0 Å². The first kappa shape index (κ1) is 22.7. The third kappa shape index (κ3) is 5.28. The molecule has 1 N–H and O–H groups in total. The van der Waals surface area contributed by atoms with E-state index in [9.17, 15) is 9.59 Å². The highest BCUT2D eigenvalue weighted by Gasteiger charge is 2.51. The number of benzene rings is 1. The molecule has 3 fully saturated rings. The van der Waals surface area contributed by atoms with Gasteiger partial charge in [-0.15, -0.1) is 0 Å². The molecule has 2 saturated heterocycles. The zero-order valence-corrected chi connectivity index (χ0v) is 19.7. The molecule has 170 valence electrons. The summed E-state index contributed by atoms with van der Waals surface area (Å²) < 4.78 is 0. The Kier molecular flexibility index (Phi) is 7.59. The molecule has 6 heteroatoms. The standard InChI is InChI=1S/C25H37N3O2S/c1-31-18-13-22-24(30)28(19-21-9-3-2-4-10-21)25(26-22)14-16-27(17-15-25)23(29)12-11-20-7-5-6-8-20/h2-4,9-10,20,22,26H,5-8,11-19H2,1H3. The minimum atomic E-state index is -0.321. The predicted molar refractivity (Wildman–Crippen MR) is 127 cm³/mol. The monoisotopic (exact) mass is 443 g/mol. The van der Waals surface area contributed by atoms with E-state index in [0.717, 1.165) is 56.0 Å². The molecule has 0 bridgehead atoms. The van der Waals surface area contributed by atoms with Crippen molar-refractivity contribution in [2.45, 2.75) is 76.0 Å². The van der Waals surface area contributed by atoms with Gasteiger partial charge in [0.2, 0.25) is 11.8 Å². The first-order valence-electron chi connectivity index (χ1n) is 12.0. The fourth-order valence-corrected chi connectivity index (χ4v) is 6.09. The average molecular weight is 444 g/mol. The maximum absolute atomic E-state index is 13.3. The van der Waals surface area contributed by atoms with Crippen LogP contribution < -0.4 is 5.32 Å². The molecule has 1 saturated carbocycles. The number of carbonyl (C=O) groups is 2. The number of nitrogens with zero attached hydrogens (tertiary/aromatic N) is 2. The van der Waals surface area contributed by atoms with Gasteiger partial charge in [-0.2, -0.15) is 11.8 Å². The molecular weight excluding hydrogens is 406 g/mol. The molecular formula is C25H37N3O2S. The second-order valence-electron chi connectivity index (χ2n) is 9.49. The van der Waals surface area contributed by atoms with E-state index >= 15 is 0 Å². The summed E-state index contributed by atoms with van der Waals surface area (Å²) in [5.41, 5.74) is 0.843. The number of rotatable bonds is 8. The van der Waals surface area contributed by atoms with E-state index < -0.39 is 0 Å². The zero-order chi connectivity index (χ0) is 21.7. The highest BCUT2D eigenvalue weighted by Crippen LogP contribution is 2.35. The number of carbonyl (C=O) groups excluding carboxylic acids is 2. The van der Waals surface area contributed by atoms with Crippen molar-refractivity contribution in [3.8, 4) is 0 Å². The molecule has 2 aliphatic heterocycles. The molecule has 2 heterocycles. The first-order chi connectivity index (χ1) is 15.1. The van der Waals surface area contributed by atoms with Gasteiger partial charge in [-0.3, -0.25) is 14.9 Å². The van der Waals surface area contributed by atoms with Crippen molar-refractivity contribution < 1.29 is 9.59 Å². The fourth-order valence-electron chi connectivity index (χ4n) is 5.61. The Morgan fingerprint density at radius 2 is 1.84 bits per heavy atom. The molecule has 3 aliphatic rings. The Balaban J connectivity index is 1.40. The lowest BCUT2D eigenvalue weighted by Gasteiger charge is -2.45. The van der Waals surface area contributed by atoms with Gasteiger partial charge in [-0.05, 0) is 36.3 Å². The molecule has 1 atom stereocenters. The number of nitrogens with one attached hydrogen (secondary N) is 1. The topological polar surface area (TPSA) is 52.7 Å². The number of thioether (sulfide) groups is 1. The van der Waals surface area contributed by atoms with E-state index in [1.165, 1.54) is 25.7 Å². The van der Waals surface area contributed by atoms with E-state index in [0.29, 0.717) is 18.9 Å². The van der Waals surface area contributed by atoms with Crippen molar-refractivity contribution in [2.24, 2.45) is 5.92 Å². The van der Waals surface area contributed by atoms with E-state index in [4.69, 9.17) is 0 Å². The third-order valence-electron chi connectivity index (χ3n) is 7.50. The van der Waals surface area contributed by atoms with Crippen molar-refractivity contribution in [2.75, 3.05) is 25.1 Å². The third-order valence-corrected chi connectivity index (χ3v) is 8.15. The summed E-state index contributed by atoms with van der Waals surface area (Å²) >= 11 is 1.79. The van der Waals surface area contributed by atoms with E-state index in [-0.39, 0.29) is 17.6 Å². The smallest absolute Gasteiger partial charge is 0.241 e. The molecule has 2 amide bonds. The first-order valence-corrected chi connectivity index (χ1v) is 13.4. The summed E-state index contributed by atoms with van der Waals surface area (Å²) in [5, 5.41) is 3.72. The Hall–Kier alpha value is -1.53. The number of hydrogen-bond donors (Lipinski definition) is 1. The minimum Gasteiger partial charge on any atom is -0.342 e. The summed E-state index contributed by atoms with van der Waals surface area (Å²) in [5.74, 6) is 2.26. The molecule has 4 rings (SSSR count). The van der Waals surface area contributed by atoms with Crippen molar-refractivity contribution in [3.63, 3.8) is 0 Å². The van der Waals surface area contributed by atoms with Crippen LogP contribution in [0.3, 0.4) is 0 Å². The Morgan fingerprint density at radius 3 is 2.52 bits per heavy atom. The molecule has 31 heavy (non-hydrogen) atoms. The van der Waals surface area contributed by atoms with Crippen LogP contribution in [-0.4, -0.2) is 58.4 Å². The largest absolute Gasteiger partial charge is 0.342 e. The summed E-state index contributed by atoms with van der Waals surface area (Å²) in [6.07, 6.45) is 11.6. The highest BCUT2D eigenvalue weighted by molar-refractivity contribution is 7.98. The number of amides is 2. The van der Waals surface area contributed by atoms with Crippen molar-refractivity contribution in [1.29, 1.82) is 0 Å². The van der Waals surface area contributed by atoms with Gasteiger partial charge in [0.1, 0.15) is 0 Å². The molecule has 5 nitrogen and oxygen atoms in total. The van der Waals surface area contributed by atoms with E-state index in [1.54, 1.807) is 11.8 Å². The average Bonchev–Trinajstić information content (AvgIpc) is 3.40. The normalized spacial score (nSPS) is 23.8. The van der Waals surface area contributed by atoms with Gasteiger partial charge >= 0.3 is 0 Å². The van der Waals surface area contributed by atoms with Gasteiger partial charge in [0, 0.05) is 38.9 Å². The van der Waals surface area contributed by atoms with Gasteiger partial charge in [-0.1, -0.05) is 56.0 Å². The van der Waals surface area contributed by atoms with Gasteiger partial charge < -0.3 is 9.80 Å². The Bertz CT molecular complexity index is 742. The molecule has 1 unspecified atom stereocenters. The fraction of sp³-hybridized carbons (Fsp3) is 0.680. The zero-order valence-electron chi connectivity index (χ0n) is 18.9. The Labute approximate surface area is 191 Å². The summed E-state index contributed by atoms with van der Waals surface area (Å²) in [6.45, 7) is 2.12. The maximum Gasteiger partial charge on any atom is 0.241 e. The number of piperidine rings is 1. The van der Waals surface area contributed by atoms with Gasteiger partial charge in [-0.25, -0.2) is 0 Å². The molecule has 0 aromatic heterocycles. The lowest BCUT2D eigenvalue weighted by molar-refractivity contribution is -0.137. The second-order valence-corrected chi connectivity index (χ2v) is 10.5. The lowest BCUT2D eigenvalue weighted by Crippen LogP contribution is -2.59. The number of likely N-dealkylation sites (tertiary alicyclic amines) is 1. The van der Waals surface area contributed by atoms with Crippen LogP contribution in [0.2, 0.25) is 0 Å². The van der Waals surface area contributed by atoms with Crippen LogP contribution in [-0.2, 0) is 16.1 Å². The van der Waals surface area contributed by atoms with Crippen LogP contribution in [0, 0.1) is 5.92 Å². The maximum atomic E-state index is 13.3. The van der Waals surface area contributed by atoms with Crippen LogP contribution in [0.4, 0.5) is 0 Å². The van der Waals surface area contributed by atoms with Crippen molar-refractivity contribution >= 4 is 23.6 Å². The minimum absolute atomic E-state index is 0.110. The van der Waals surface area contributed by atoms with E-state index in [2.05, 4.69) is 28.6 Å². The molecule has 1 spiro atoms. The highest BCUT2D eigenvalue weighted by atomic mass is 32.2. The van der Waals surface area contributed by atoms with Crippen LogP contribution in [0.1, 0.15) is 63.4 Å². The van der Waals surface area contributed by atoms with Crippen molar-refractivity contribution in [3.05, 3.63) is 35.9 Å². The summed E-state index contributed by atoms with van der Waals surface area (Å²) in [4.78, 5) is 30.3. The van der Waals surface area contributed by atoms with E-state index in [1.807, 2.05) is 23.1 Å². The molecule has 1 aromatic rings. The SMILES string of the molecule is CSCCC1NC2(CCN(C(=O)CCC3CCCC3)CC2)N(Cc2ccccc2)C1=O. The lowest BCUT2D eigenvalue weighted by atomic mass is 9.94. The summed E-state index contributed by atoms with van der Waals surface area (Å²) in [7, 11) is 0. The molecule has 1 aliphatic carbocycles. The van der Waals surface area contributed by atoms with Gasteiger partial charge in [0.05, 0.1) is 11.7 Å². The van der Waals surface area contributed by atoms with Gasteiger partial charge in [0.15, 0.2) is 0 Å². The molecule has 0 radical (unpaired) electrons. The van der Waals surface area contributed by atoms with Crippen LogP contribution in [0.15, 0.2) is 30.3 Å².